The van der Waals surface area contributed by atoms with Gasteiger partial charge in [-0.2, -0.15) is 0 Å². The van der Waals surface area contributed by atoms with E-state index in [-0.39, 0.29) is 12.4 Å². The zero-order valence-electron chi connectivity index (χ0n) is 15.1. The molecule has 0 bridgehead atoms. The van der Waals surface area contributed by atoms with E-state index in [1.807, 2.05) is 6.08 Å². The molecule has 0 spiro atoms. The maximum Gasteiger partial charge on any atom is 0.573 e. The summed E-state index contributed by atoms with van der Waals surface area (Å²) in [6, 6.07) is 12.6. The maximum atomic E-state index is 12.6. The molecule has 1 N–H and O–H groups in total. The van der Waals surface area contributed by atoms with Crippen molar-refractivity contribution in [2.45, 2.75) is 19.2 Å². The third-order valence-electron chi connectivity index (χ3n) is 4.07. The second-order valence-electron chi connectivity index (χ2n) is 6.13. The monoisotopic (exact) mass is 422 g/mol. The van der Waals surface area contributed by atoms with Gasteiger partial charge >= 0.3 is 12.3 Å². The minimum Gasteiger partial charge on any atom is -0.488 e. The van der Waals surface area contributed by atoms with Crippen molar-refractivity contribution in [1.29, 1.82) is 0 Å². The van der Waals surface area contributed by atoms with Gasteiger partial charge in [-0.15, -0.1) is 13.2 Å². The van der Waals surface area contributed by atoms with Crippen LogP contribution in [-0.2, 0) is 4.79 Å². The van der Waals surface area contributed by atoms with Crippen molar-refractivity contribution < 1.29 is 32.5 Å². The van der Waals surface area contributed by atoms with Crippen LogP contribution >= 0.6 is 11.8 Å². The van der Waals surface area contributed by atoms with Crippen molar-refractivity contribution in [3.05, 3.63) is 70.5 Å². The first-order valence-electron chi connectivity index (χ1n) is 8.68. The Bertz CT molecular complexity index is 934. The Hall–Kier alpha value is -2.87. The van der Waals surface area contributed by atoms with Gasteiger partial charge in [-0.05, 0) is 42.0 Å². The molecule has 0 amide bonds. The smallest absolute Gasteiger partial charge is 0.488 e. The molecule has 2 aromatic carbocycles. The predicted octanol–water partition coefficient (Wildman–Crippen LogP) is 6.01. The van der Waals surface area contributed by atoms with Gasteiger partial charge in [-0.3, -0.25) is 0 Å². The van der Waals surface area contributed by atoms with Gasteiger partial charge in [0.1, 0.15) is 18.1 Å². The van der Waals surface area contributed by atoms with E-state index in [2.05, 4.69) is 4.74 Å². The van der Waals surface area contributed by atoms with Crippen LogP contribution in [-0.4, -0.2) is 24.0 Å². The molecule has 0 aliphatic carbocycles. The summed E-state index contributed by atoms with van der Waals surface area (Å²) in [7, 11) is 0. The van der Waals surface area contributed by atoms with E-state index in [1.165, 1.54) is 23.9 Å². The van der Waals surface area contributed by atoms with Crippen LogP contribution in [0.25, 0.3) is 11.1 Å². The Balaban J connectivity index is 1.66. The van der Waals surface area contributed by atoms with Crippen LogP contribution in [0.3, 0.4) is 0 Å². The number of carboxylic acid groups (broad SMARTS) is 1. The third-order valence-corrected chi connectivity index (χ3v) is 5.06. The molecule has 4 nitrogen and oxygen atoms in total. The van der Waals surface area contributed by atoms with Crippen LogP contribution in [0.2, 0.25) is 0 Å². The Kier molecular flexibility index (Phi) is 6.53. The molecule has 0 aromatic heterocycles. The fourth-order valence-corrected chi connectivity index (χ4v) is 3.55. The van der Waals surface area contributed by atoms with Crippen LogP contribution < -0.4 is 9.47 Å². The first kappa shape index (κ1) is 20.9. The van der Waals surface area contributed by atoms with E-state index >= 15 is 0 Å². The highest BCUT2D eigenvalue weighted by atomic mass is 32.2. The summed E-state index contributed by atoms with van der Waals surface area (Å²) in [6.07, 6.45) is -1.73. The number of rotatable bonds is 6. The van der Waals surface area contributed by atoms with Gasteiger partial charge in [-0.25, -0.2) is 4.79 Å². The van der Waals surface area contributed by atoms with Gasteiger partial charge in [0, 0.05) is 16.0 Å². The van der Waals surface area contributed by atoms with E-state index in [9.17, 15) is 18.0 Å². The van der Waals surface area contributed by atoms with Gasteiger partial charge < -0.3 is 14.6 Å². The lowest BCUT2D eigenvalue weighted by Gasteiger charge is -2.14. The number of benzene rings is 2. The summed E-state index contributed by atoms with van der Waals surface area (Å²) in [5.74, 6) is -0.635. The normalized spacial score (nSPS) is 14.4. The summed E-state index contributed by atoms with van der Waals surface area (Å²) in [4.78, 5) is 11.9. The molecule has 0 atom stereocenters. The second-order valence-corrected chi connectivity index (χ2v) is 7.13. The molecule has 0 unspecified atom stereocenters. The van der Waals surface area contributed by atoms with Gasteiger partial charge in [0.2, 0.25) is 0 Å². The second kappa shape index (κ2) is 9.09. The summed E-state index contributed by atoms with van der Waals surface area (Å²) in [5, 5.41) is 10.7. The van der Waals surface area contributed by atoms with Crippen LogP contribution in [0.1, 0.15) is 12.8 Å². The van der Waals surface area contributed by atoms with Crippen LogP contribution in [0, 0.1) is 0 Å². The van der Waals surface area contributed by atoms with E-state index < -0.39 is 12.3 Å². The van der Waals surface area contributed by atoms with Crippen molar-refractivity contribution in [3.8, 4) is 22.6 Å². The lowest BCUT2D eigenvalue weighted by molar-refractivity contribution is -0.274. The fourth-order valence-electron chi connectivity index (χ4n) is 2.70. The summed E-state index contributed by atoms with van der Waals surface area (Å²) in [6.45, 7) is 0.279. The first-order valence-corrected chi connectivity index (χ1v) is 9.56. The molecule has 2 aromatic rings. The molecular formula is C21H17F3O4S. The average Bonchev–Trinajstić information content (AvgIpc) is 2.92. The number of alkyl halides is 3. The standard InChI is InChI=1S/C21H17F3O4S/c22-21(23,24)28-19-7-2-1-6-18(19)14-8-10-16(11-9-14)27-12-17-5-3-4-15(13-29-17)20(25)26/h1-2,5-11,13H,3-4,12H2,(H,25,26). The van der Waals surface area contributed by atoms with E-state index in [4.69, 9.17) is 9.84 Å². The lowest BCUT2D eigenvalue weighted by atomic mass is 10.0. The topological polar surface area (TPSA) is 55.8 Å². The van der Waals surface area contributed by atoms with E-state index in [0.29, 0.717) is 35.3 Å². The third kappa shape index (κ3) is 6.05. The number of ether oxygens (including phenoxy) is 2. The molecule has 3 rings (SSSR count). The SMILES string of the molecule is O=C(O)C1=CSC(COc2ccc(-c3ccccc3OC(F)(F)F)cc2)=CCC1. The zero-order chi connectivity index (χ0) is 20.9. The average molecular weight is 422 g/mol. The molecule has 1 heterocycles. The lowest BCUT2D eigenvalue weighted by Crippen LogP contribution is -2.17. The molecule has 1 aliphatic heterocycles. The molecule has 152 valence electrons. The molecule has 29 heavy (non-hydrogen) atoms. The van der Waals surface area contributed by atoms with Crippen molar-refractivity contribution >= 4 is 17.7 Å². The maximum absolute atomic E-state index is 12.6. The van der Waals surface area contributed by atoms with Crippen molar-refractivity contribution in [2.24, 2.45) is 0 Å². The Morgan fingerprint density at radius 1 is 1.10 bits per heavy atom. The number of carboxylic acids is 1. The highest BCUT2D eigenvalue weighted by molar-refractivity contribution is 8.05. The van der Waals surface area contributed by atoms with Crippen molar-refractivity contribution in [3.63, 3.8) is 0 Å². The quantitative estimate of drug-likeness (QED) is 0.618. The van der Waals surface area contributed by atoms with Crippen LogP contribution in [0.4, 0.5) is 13.2 Å². The highest BCUT2D eigenvalue weighted by Crippen LogP contribution is 2.34. The summed E-state index contributed by atoms with van der Waals surface area (Å²) in [5.41, 5.74) is 1.25. The number of hydrogen-bond acceptors (Lipinski definition) is 4. The number of aliphatic carboxylic acids is 1. The molecule has 8 heteroatoms. The molecule has 0 saturated carbocycles. The fraction of sp³-hybridized carbons (Fsp3) is 0.190. The number of carbonyl (C=O) groups is 1. The number of thioether (sulfide) groups is 1. The highest BCUT2D eigenvalue weighted by Gasteiger charge is 2.32. The van der Waals surface area contributed by atoms with E-state index in [0.717, 1.165) is 4.91 Å². The predicted molar refractivity (Wildman–Crippen MR) is 105 cm³/mol. The first-order chi connectivity index (χ1) is 13.8. The van der Waals surface area contributed by atoms with Gasteiger partial charge in [0.25, 0.3) is 0 Å². The minimum absolute atomic E-state index is 0.269. The Morgan fingerprint density at radius 2 is 1.83 bits per heavy atom. The Labute approximate surface area is 169 Å². The Morgan fingerprint density at radius 3 is 2.52 bits per heavy atom. The number of hydrogen-bond donors (Lipinski definition) is 1. The van der Waals surface area contributed by atoms with E-state index in [1.54, 1.807) is 41.8 Å². The number of allylic oxidation sites excluding steroid dienone is 1. The molecular weight excluding hydrogens is 405 g/mol. The molecule has 0 fully saturated rings. The molecule has 0 saturated heterocycles. The summed E-state index contributed by atoms with van der Waals surface area (Å²) < 4.78 is 47.6. The summed E-state index contributed by atoms with van der Waals surface area (Å²) >= 11 is 1.32. The van der Waals surface area contributed by atoms with Crippen LogP contribution in [0.5, 0.6) is 11.5 Å². The zero-order valence-corrected chi connectivity index (χ0v) is 15.9. The van der Waals surface area contributed by atoms with Crippen LogP contribution in [0.15, 0.2) is 70.5 Å². The largest absolute Gasteiger partial charge is 0.573 e. The van der Waals surface area contributed by atoms with Gasteiger partial charge in [-0.1, -0.05) is 48.2 Å². The van der Waals surface area contributed by atoms with Gasteiger partial charge in [0.15, 0.2) is 0 Å². The minimum atomic E-state index is -4.77. The van der Waals surface area contributed by atoms with Crippen molar-refractivity contribution in [2.75, 3.05) is 6.61 Å². The number of para-hydroxylation sites is 1. The number of halogens is 3. The molecule has 1 aliphatic rings. The van der Waals surface area contributed by atoms with Crippen molar-refractivity contribution in [1.82, 2.24) is 0 Å². The molecule has 0 radical (unpaired) electrons. The van der Waals surface area contributed by atoms with Gasteiger partial charge in [0.05, 0.1) is 0 Å².